The number of hydrogen-bond donors (Lipinski definition) is 0. The SMILES string of the molecule is FC(F)(F)COc1ncnnc1-c1ccccc1. The second-order valence-electron chi connectivity index (χ2n) is 3.38. The first kappa shape index (κ1) is 12.3. The van der Waals surface area contributed by atoms with Gasteiger partial charge in [-0.05, 0) is 0 Å². The third-order valence-corrected chi connectivity index (χ3v) is 2.01. The minimum absolute atomic E-state index is 0.183. The van der Waals surface area contributed by atoms with Crippen molar-refractivity contribution in [2.24, 2.45) is 0 Å². The van der Waals surface area contributed by atoms with Gasteiger partial charge in [0.25, 0.3) is 0 Å². The van der Waals surface area contributed by atoms with Gasteiger partial charge in [-0.25, -0.2) is 0 Å². The molecule has 0 aliphatic rings. The van der Waals surface area contributed by atoms with Crippen LogP contribution in [0.25, 0.3) is 11.3 Å². The first-order valence-corrected chi connectivity index (χ1v) is 4.99. The molecule has 0 aliphatic heterocycles. The molecule has 2 aromatic rings. The predicted molar refractivity (Wildman–Crippen MR) is 56.8 cm³/mol. The van der Waals surface area contributed by atoms with Crippen molar-refractivity contribution in [3.8, 4) is 17.1 Å². The Morgan fingerprint density at radius 3 is 2.50 bits per heavy atom. The van der Waals surface area contributed by atoms with Crippen molar-refractivity contribution in [1.29, 1.82) is 0 Å². The minimum atomic E-state index is -4.42. The Morgan fingerprint density at radius 2 is 1.83 bits per heavy atom. The number of nitrogens with zero attached hydrogens (tertiary/aromatic N) is 3. The van der Waals surface area contributed by atoms with Crippen LogP contribution in [0.2, 0.25) is 0 Å². The lowest BCUT2D eigenvalue weighted by Gasteiger charge is -2.10. The molecule has 1 aromatic carbocycles. The fourth-order valence-electron chi connectivity index (χ4n) is 1.30. The Labute approximate surface area is 100 Å². The second-order valence-corrected chi connectivity index (χ2v) is 3.38. The van der Waals surface area contributed by atoms with Crippen LogP contribution in [0.5, 0.6) is 5.88 Å². The van der Waals surface area contributed by atoms with Crippen molar-refractivity contribution in [2.45, 2.75) is 6.18 Å². The van der Waals surface area contributed by atoms with E-state index in [2.05, 4.69) is 19.9 Å². The number of alkyl halides is 3. The lowest BCUT2D eigenvalue weighted by molar-refractivity contribution is -0.154. The molecule has 7 heteroatoms. The van der Waals surface area contributed by atoms with Crippen LogP contribution in [0.3, 0.4) is 0 Å². The molecule has 0 N–H and O–H groups in total. The summed E-state index contributed by atoms with van der Waals surface area (Å²) in [7, 11) is 0. The Hall–Kier alpha value is -2.18. The number of rotatable bonds is 3. The largest absolute Gasteiger partial charge is 0.466 e. The van der Waals surface area contributed by atoms with Crippen molar-refractivity contribution >= 4 is 0 Å². The molecule has 0 bridgehead atoms. The standard InChI is InChI=1S/C11H8F3N3O/c12-11(13,14)6-18-10-9(17-16-7-15-10)8-4-2-1-3-5-8/h1-5,7H,6H2. The summed E-state index contributed by atoms with van der Waals surface area (Å²) >= 11 is 0. The van der Waals surface area contributed by atoms with Crippen molar-refractivity contribution in [3.63, 3.8) is 0 Å². The van der Waals surface area contributed by atoms with Gasteiger partial charge in [-0.15, -0.1) is 10.2 Å². The van der Waals surface area contributed by atoms with Gasteiger partial charge in [-0.1, -0.05) is 30.3 Å². The van der Waals surface area contributed by atoms with Gasteiger partial charge >= 0.3 is 6.18 Å². The maximum Gasteiger partial charge on any atom is 0.422 e. The Balaban J connectivity index is 2.27. The van der Waals surface area contributed by atoms with Crippen molar-refractivity contribution in [1.82, 2.24) is 15.2 Å². The summed E-state index contributed by atoms with van der Waals surface area (Å²) in [6.07, 6.45) is -3.38. The second kappa shape index (κ2) is 4.99. The highest BCUT2D eigenvalue weighted by atomic mass is 19.4. The van der Waals surface area contributed by atoms with Crippen molar-refractivity contribution < 1.29 is 17.9 Å². The predicted octanol–water partition coefficient (Wildman–Crippen LogP) is 2.48. The van der Waals surface area contributed by atoms with E-state index in [1.807, 2.05) is 0 Å². The van der Waals surface area contributed by atoms with Crippen molar-refractivity contribution in [2.75, 3.05) is 6.61 Å². The summed E-state index contributed by atoms with van der Waals surface area (Å²) in [5, 5.41) is 7.29. The minimum Gasteiger partial charge on any atom is -0.466 e. The maximum absolute atomic E-state index is 12.1. The number of benzene rings is 1. The first-order chi connectivity index (χ1) is 8.56. The van der Waals surface area contributed by atoms with Gasteiger partial charge in [0, 0.05) is 5.56 Å². The third-order valence-electron chi connectivity index (χ3n) is 2.01. The van der Waals surface area contributed by atoms with Crippen LogP contribution in [-0.4, -0.2) is 28.0 Å². The highest BCUT2D eigenvalue weighted by Crippen LogP contribution is 2.26. The molecule has 0 unspecified atom stereocenters. The summed E-state index contributed by atoms with van der Waals surface area (Å²) in [6, 6.07) is 8.62. The fraction of sp³-hybridized carbons (Fsp3) is 0.182. The zero-order valence-electron chi connectivity index (χ0n) is 9.05. The zero-order chi connectivity index (χ0) is 13.0. The zero-order valence-corrected chi connectivity index (χ0v) is 9.05. The smallest absolute Gasteiger partial charge is 0.422 e. The van der Waals surface area contributed by atoms with E-state index >= 15 is 0 Å². The van der Waals surface area contributed by atoms with Gasteiger partial charge in [0.05, 0.1) is 0 Å². The quantitative estimate of drug-likeness (QED) is 0.845. The molecule has 1 heterocycles. The van der Waals surface area contributed by atoms with E-state index in [1.54, 1.807) is 30.3 Å². The van der Waals surface area contributed by atoms with Crippen LogP contribution in [-0.2, 0) is 0 Å². The molecule has 0 radical (unpaired) electrons. The fourth-order valence-corrected chi connectivity index (χ4v) is 1.30. The van der Waals surface area contributed by atoms with Gasteiger partial charge in [0.15, 0.2) is 12.3 Å². The van der Waals surface area contributed by atoms with Gasteiger partial charge in [0.1, 0.15) is 6.33 Å². The summed E-state index contributed by atoms with van der Waals surface area (Å²) in [5.74, 6) is -0.187. The molecule has 0 spiro atoms. The first-order valence-electron chi connectivity index (χ1n) is 4.99. The highest BCUT2D eigenvalue weighted by Gasteiger charge is 2.29. The number of halogens is 3. The van der Waals surface area contributed by atoms with Crippen LogP contribution in [0.1, 0.15) is 0 Å². The van der Waals surface area contributed by atoms with Crippen LogP contribution < -0.4 is 4.74 Å². The molecule has 0 saturated heterocycles. The Morgan fingerprint density at radius 1 is 1.11 bits per heavy atom. The topological polar surface area (TPSA) is 47.9 Å². The summed E-state index contributed by atoms with van der Waals surface area (Å²) in [6.45, 7) is -1.41. The van der Waals surface area contributed by atoms with Gasteiger partial charge in [0.2, 0.25) is 5.88 Å². The van der Waals surface area contributed by atoms with E-state index in [1.165, 1.54) is 0 Å². The van der Waals surface area contributed by atoms with Gasteiger partial charge in [-0.3, -0.25) is 0 Å². The molecule has 1 aromatic heterocycles. The summed E-state index contributed by atoms with van der Waals surface area (Å²) in [5.41, 5.74) is 0.776. The van der Waals surface area contributed by atoms with Gasteiger partial charge < -0.3 is 4.74 Å². The highest BCUT2D eigenvalue weighted by molar-refractivity contribution is 5.63. The molecule has 0 aliphatic carbocycles. The molecule has 0 saturated carbocycles. The number of aromatic nitrogens is 3. The van der Waals surface area contributed by atoms with E-state index in [0.717, 1.165) is 6.33 Å². The van der Waals surface area contributed by atoms with E-state index in [9.17, 15) is 13.2 Å². The average Bonchev–Trinajstić information content (AvgIpc) is 2.37. The van der Waals surface area contributed by atoms with Crippen LogP contribution in [0.15, 0.2) is 36.7 Å². The molecule has 18 heavy (non-hydrogen) atoms. The van der Waals surface area contributed by atoms with E-state index in [4.69, 9.17) is 0 Å². The maximum atomic E-state index is 12.1. The third kappa shape index (κ3) is 3.16. The van der Waals surface area contributed by atoms with Crippen molar-refractivity contribution in [3.05, 3.63) is 36.7 Å². The molecular formula is C11H8F3N3O. The Kier molecular flexibility index (Phi) is 3.40. The van der Waals surface area contributed by atoms with E-state index < -0.39 is 12.8 Å². The molecule has 0 fully saturated rings. The van der Waals surface area contributed by atoms with Gasteiger partial charge in [-0.2, -0.15) is 18.2 Å². The lowest BCUT2D eigenvalue weighted by atomic mass is 10.2. The number of ether oxygens (including phenoxy) is 1. The normalized spacial score (nSPS) is 11.3. The molecule has 0 amide bonds. The summed E-state index contributed by atoms with van der Waals surface area (Å²) in [4.78, 5) is 3.66. The van der Waals surface area contributed by atoms with E-state index in [0.29, 0.717) is 5.56 Å². The van der Waals surface area contributed by atoms with Crippen LogP contribution in [0, 0.1) is 0 Å². The lowest BCUT2D eigenvalue weighted by Crippen LogP contribution is -2.20. The molecular weight excluding hydrogens is 247 g/mol. The molecule has 94 valence electrons. The molecule has 2 rings (SSSR count). The van der Waals surface area contributed by atoms with Crippen LogP contribution >= 0.6 is 0 Å². The van der Waals surface area contributed by atoms with E-state index in [-0.39, 0.29) is 11.6 Å². The summed E-state index contributed by atoms with van der Waals surface area (Å²) < 4.78 is 40.9. The molecule has 0 atom stereocenters. The average molecular weight is 255 g/mol. The number of hydrogen-bond acceptors (Lipinski definition) is 4. The van der Waals surface area contributed by atoms with Crippen LogP contribution in [0.4, 0.5) is 13.2 Å². The Bertz CT molecular complexity index is 516. The molecule has 4 nitrogen and oxygen atoms in total. The monoisotopic (exact) mass is 255 g/mol.